The van der Waals surface area contributed by atoms with Crippen LogP contribution >= 0.6 is 0 Å². The summed E-state index contributed by atoms with van der Waals surface area (Å²) in [5.74, 6) is -0.350. The number of hydrogen-bond acceptors (Lipinski definition) is 4. The number of carboxylic acid groups (broad SMARTS) is 1. The first-order chi connectivity index (χ1) is 9.49. The van der Waals surface area contributed by atoms with Gasteiger partial charge in [-0.25, -0.2) is 9.80 Å². The number of carbonyl (C=O) groups excluding carboxylic acids is 1. The predicted molar refractivity (Wildman–Crippen MR) is 74.6 cm³/mol. The van der Waals surface area contributed by atoms with E-state index in [0.717, 1.165) is 0 Å². The Morgan fingerprint density at radius 3 is 2.65 bits per heavy atom. The van der Waals surface area contributed by atoms with Crippen molar-refractivity contribution in [2.45, 2.75) is 12.8 Å². The van der Waals surface area contributed by atoms with E-state index >= 15 is 0 Å². The summed E-state index contributed by atoms with van der Waals surface area (Å²) in [7, 11) is 3.40. The van der Waals surface area contributed by atoms with E-state index in [9.17, 15) is 9.59 Å². The second kappa shape index (κ2) is 8.00. The summed E-state index contributed by atoms with van der Waals surface area (Å²) in [4.78, 5) is 22.0. The fraction of sp³-hybridized carbons (Fsp3) is 0.385. The van der Waals surface area contributed by atoms with Gasteiger partial charge in [-0.3, -0.25) is 10.2 Å². The molecule has 0 heterocycles. The molecule has 7 nitrogen and oxygen atoms in total. The molecule has 7 heteroatoms. The van der Waals surface area contributed by atoms with Crippen molar-refractivity contribution in [3.63, 3.8) is 0 Å². The van der Waals surface area contributed by atoms with Crippen molar-refractivity contribution in [2.75, 3.05) is 26.0 Å². The molecular weight excluding hydrogens is 262 g/mol. The van der Waals surface area contributed by atoms with E-state index in [0.29, 0.717) is 17.9 Å². The quantitative estimate of drug-likeness (QED) is 0.521. The molecule has 0 bridgehead atoms. The lowest BCUT2D eigenvalue weighted by molar-refractivity contribution is -0.137. The molecule has 0 atom stereocenters. The maximum Gasteiger partial charge on any atom is 0.333 e. The van der Waals surface area contributed by atoms with Crippen LogP contribution in [0.5, 0.6) is 5.75 Å². The third kappa shape index (κ3) is 6.05. The summed E-state index contributed by atoms with van der Waals surface area (Å²) < 4.78 is 5.47. The number of ether oxygens (including phenoxy) is 1. The number of aliphatic carboxylic acids is 1. The van der Waals surface area contributed by atoms with Crippen molar-refractivity contribution < 1.29 is 19.4 Å². The van der Waals surface area contributed by atoms with Crippen molar-refractivity contribution in [1.82, 2.24) is 10.4 Å². The molecule has 0 saturated carbocycles. The lowest BCUT2D eigenvalue weighted by Gasteiger charge is -2.15. The number of benzene rings is 1. The van der Waals surface area contributed by atoms with Crippen LogP contribution in [0.15, 0.2) is 24.3 Å². The van der Waals surface area contributed by atoms with Gasteiger partial charge in [0.05, 0.1) is 12.3 Å². The number of nitrogens with one attached hydrogen (secondary N) is 2. The third-order valence-electron chi connectivity index (χ3n) is 2.25. The van der Waals surface area contributed by atoms with Crippen LogP contribution in [0.25, 0.3) is 0 Å². The molecule has 20 heavy (non-hydrogen) atoms. The number of hydrazine groups is 1. The minimum absolute atomic E-state index is 0.0523. The Kier molecular flexibility index (Phi) is 6.31. The Labute approximate surface area is 117 Å². The van der Waals surface area contributed by atoms with Gasteiger partial charge in [-0.15, -0.1) is 0 Å². The van der Waals surface area contributed by atoms with E-state index in [1.807, 2.05) is 0 Å². The second-order valence-corrected chi connectivity index (χ2v) is 4.30. The van der Waals surface area contributed by atoms with Crippen LogP contribution in [0.3, 0.4) is 0 Å². The van der Waals surface area contributed by atoms with Crippen LogP contribution in [0.2, 0.25) is 0 Å². The fourth-order valence-electron chi connectivity index (χ4n) is 1.45. The highest BCUT2D eigenvalue weighted by molar-refractivity contribution is 5.90. The number of rotatable bonds is 7. The average molecular weight is 281 g/mol. The molecule has 1 aromatic carbocycles. The van der Waals surface area contributed by atoms with Crippen LogP contribution < -0.4 is 15.5 Å². The average Bonchev–Trinajstić information content (AvgIpc) is 2.35. The van der Waals surface area contributed by atoms with Crippen LogP contribution in [0, 0.1) is 0 Å². The Hall–Kier alpha value is -2.28. The first kappa shape index (κ1) is 15.8. The number of urea groups is 1. The molecule has 0 aliphatic rings. The molecule has 0 saturated heterocycles. The summed E-state index contributed by atoms with van der Waals surface area (Å²) in [6.07, 6.45) is 0.463. The van der Waals surface area contributed by atoms with Crippen molar-refractivity contribution >= 4 is 17.7 Å². The SMILES string of the molecule is CN(C)NC(=O)Nc1ccccc1OCCCC(=O)O. The van der Waals surface area contributed by atoms with Crippen LogP contribution in [0.4, 0.5) is 10.5 Å². The summed E-state index contributed by atoms with van der Waals surface area (Å²) in [5, 5.41) is 12.7. The monoisotopic (exact) mass is 281 g/mol. The summed E-state index contributed by atoms with van der Waals surface area (Å²) in [6.45, 7) is 0.278. The number of anilines is 1. The lowest BCUT2D eigenvalue weighted by atomic mass is 10.3. The van der Waals surface area contributed by atoms with Gasteiger partial charge in [-0.1, -0.05) is 12.1 Å². The first-order valence-corrected chi connectivity index (χ1v) is 6.17. The van der Waals surface area contributed by atoms with Crippen molar-refractivity contribution in [3.05, 3.63) is 24.3 Å². The van der Waals surface area contributed by atoms with E-state index in [1.165, 1.54) is 5.01 Å². The number of amides is 2. The van der Waals surface area contributed by atoms with Gasteiger partial charge in [0, 0.05) is 20.5 Å². The van der Waals surface area contributed by atoms with Gasteiger partial charge in [0.1, 0.15) is 5.75 Å². The molecular formula is C13H19N3O4. The van der Waals surface area contributed by atoms with Crippen LogP contribution in [-0.2, 0) is 4.79 Å². The standard InChI is InChI=1S/C13H19N3O4/c1-16(2)15-13(19)14-10-6-3-4-7-11(10)20-9-5-8-12(17)18/h3-4,6-7H,5,8-9H2,1-2H3,(H,17,18)(H2,14,15,19). The second-order valence-electron chi connectivity index (χ2n) is 4.30. The Balaban J connectivity index is 2.54. The van der Waals surface area contributed by atoms with E-state index < -0.39 is 5.97 Å². The number of nitrogens with zero attached hydrogens (tertiary/aromatic N) is 1. The number of hydrogen-bond donors (Lipinski definition) is 3. The highest BCUT2D eigenvalue weighted by Gasteiger charge is 2.07. The van der Waals surface area contributed by atoms with Gasteiger partial charge in [-0.2, -0.15) is 0 Å². The largest absolute Gasteiger partial charge is 0.491 e. The molecule has 0 unspecified atom stereocenters. The van der Waals surface area contributed by atoms with Gasteiger partial charge in [-0.05, 0) is 18.6 Å². The molecule has 0 aliphatic carbocycles. The molecule has 1 aromatic rings. The molecule has 0 fully saturated rings. The third-order valence-corrected chi connectivity index (χ3v) is 2.25. The zero-order valence-electron chi connectivity index (χ0n) is 11.5. The summed E-state index contributed by atoms with van der Waals surface area (Å²) in [6, 6.07) is 6.60. The molecule has 0 aromatic heterocycles. The van der Waals surface area contributed by atoms with Gasteiger partial charge in [0.2, 0.25) is 0 Å². The Morgan fingerprint density at radius 2 is 2.00 bits per heavy atom. The van der Waals surface area contributed by atoms with Crippen molar-refractivity contribution in [2.24, 2.45) is 0 Å². The molecule has 110 valence electrons. The minimum atomic E-state index is -0.856. The molecule has 0 aliphatic heterocycles. The highest BCUT2D eigenvalue weighted by atomic mass is 16.5. The Bertz CT molecular complexity index is 463. The van der Waals surface area contributed by atoms with E-state index in [2.05, 4.69) is 10.7 Å². The zero-order chi connectivity index (χ0) is 15.0. The molecule has 2 amide bonds. The number of para-hydroxylation sites is 2. The summed E-state index contributed by atoms with van der Waals surface area (Å²) >= 11 is 0. The van der Waals surface area contributed by atoms with E-state index in [1.54, 1.807) is 38.4 Å². The molecule has 3 N–H and O–H groups in total. The first-order valence-electron chi connectivity index (χ1n) is 6.17. The van der Waals surface area contributed by atoms with Gasteiger partial charge < -0.3 is 15.2 Å². The van der Waals surface area contributed by atoms with Crippen molar-refractivity contribution in [1.29, 1.82) is 0 Å². The van der Waals surface area contributed by atoms with Gasteiger partial charge in [0.25, 0.3) is 0 Å². The van der Waals surface area contributed by atoms with E-state index in [4.69, 9.17) is 9.84 Å². The fourth-order valence-corrected chi connectivity index (χ4v) is 1.45. The molecule has 0 radical (unpaired) electrons. The topological polar surface area (TPSA) is 90.9 Å². The Morgan fingerprint density at radius 1 is 1.30 bits per heavy atom. The zero-order valence-corrected chi connectivity index (χ0v) is 11.5. The predicted octanol–water partition coefficient (Wildman–Crippen LogP) is 1.53. The highest BCUT2D eigenvalue weighted by Crippen LogP contribution is 2.23. The number of carboxylic acids is 1. The van der Waals surface area contributed by atoms with Crippen LogP contribution in [0.1, 0.15) is 12.8 Å². The summed E-state index contributed by atoms with van der Waals surface area (Å²) in [5.41, 5.74) is 3.08. The van der Waals surface area contributed by atoms with Crippen molar-refractivity contribution in [3.8, 4) is 5.75 Å². The maximum absolute atomic E-state index is 11.6. The lowest BCUT2D eigenvalue weighted by Crippen LogP contribution is -2.39. The number of carbonyl (C=O) groups is 2. The van der Waals surface area contributed by atoms with Gasteiger partial charge in [0.15, 0.2) is 0 Å². The smallest absolute Gasteiger partial charge is 0.333 e. The maximum atomic E-state index is 11.6. The normalized spacial score (nSPS) is 10.2. The minimum Gasteiger partial charge on any atom is -0.491 e. The molecule has 0 spiro atoms. The van der Waals surface area contributed by atoms with Gasteiger partial charge >= 0.3 is 12.0 Å². The van der Waals surface area contributed by atoms with E-state index in [-0.39, 0.29) is 19.1 Å². The van der Waals surface area contributed by atoms with Crippen LogP contribution in [-0.4, -0.2) is 42.8 Å². The molecule has 1 rings (SSSR count).